The molecule has 0 unspecified atom stereocenters. The van der Waals surface area contributed by atoms with Crippen molar-refractivity contribution < 1.29 is 20.1 Å². The molecule has 1 aliphatic carbocycles. The van der Waals surface area contributed by atoms with Gasteiger partial charge >= 0.3 is 0 Å². The normalized spacial score (nSPS) is 33.4. The second-order valence-corrected chi connectivity index (χ2v) is 7.04. The summed E-state index contributed by atoms with van der Waals surface area (Å²) in [7, 11) is 0. The van der Waals surface area contributed by atoms with E-state index in [-0.39, 0.29) is 0 Å². The third kappa shape index (κ3) is 2.67. The Balaban J connectivity index is 1.67. The topological polar surface area (TPSA) is 126 Å². The van der Waals surface area contributed by atoms with E-state index in [0.29, 0.717) is 23.0 Å². The van der Waals surface area contributed by atoms with Crippen molar-refractivity contribution in [1.82, 2.24) is 19.5 Å². The lowest BCUT2D eigenvalue weighted by Crippen LogP contribution is -2.46. The van der Waals surface area contributed by atoms with Crippen molar-refractivity contribution in [3.63, 3.8) is 0 Å². The van der Waals surface area contributed by atoms with Crippen LogP contribution in [0.3, 0.4) is 0 Å². The SMILES string of the molecule is C[C@@]1(O)[C@@H](CO)O[C@@H](n2cnc3c(NC4CCCC4)ncnc32)[C@@H]1O. The van der Waals surface area contributed by atoms with Gasteiger partial charge in [0.05, 0.1) is 12.9 Å². The molecule has 4 rings (SSSR count). The molecule has 2 aromatic heterocycles. The van der Waals surface area contributed by atoms with Gasteiger partial charge in [-0.15, -0.1) is 0 Å². The van der Waals surface area contributed by atoms with Crippen molar-refractivity contribution in [3.05, 3.63) is 12.7 Å². The molecular formula is C16H23N5O4. The Kier molecular flexibility index (Phi) is 4.11. The van der Waals surface area contributed by atoms with E-state index in [1.54, 1.807) is 4.57 Å². The lowest BCUT2D eigenvalue weighted by atomic mass is 9.95. The van der Waals surface area contributed by atoms with Gasteiger partial charge in [-0.1, -0.05) is 12.8 Å². The molecule has 0 amide bonds. The molecule has 0 spiro atoms. The Labute approximate surface area is 144 Å². The van der Waals surface area contributed by atoms with E-state index in [0.717, 1.165) is 12.8 Å². The number of fused-ring (bicyclic) bond motifs is 1. The summed E-state index contributed by atoms with van der Waals surface area (Å²) in [6.07, 6.45) is 4.61. The minimum atomic E-state index is -1.56. The van der Waals surface area contributed by atoms with Crippen LogP contribution >= 0.6 is 0 Å². The Morgan fingerprint density at radius 2 is 2.08 bits per heavy atom. The van der Waals surface area contributed by atoms with Gasteiger partial charge in [-0.25, -0.2) is 15.0 Å². The molecule has 2 fully saturated rings. The number of aliphatic hydroxyl groups excluding tert-OH is 2. The molecule has 0 aromatic carbocycles. The Morgan fingerprint density at radius 1 is 1.32 bits per heavy atom. The van der Waals surface area contributed by atoms with Crippen molar-refractivity contribution in [3.8, 4) is 0 Å². The molecule has 2 aliphatic rings. The van der Waals surface area contributed by atoms with Gasteiger partial charge < -0.3 is 25.4 Å². The fourth-order valence-electron chi connectivity index (χ4n) is 3.71. The third-order valence-corrected chi connectivity index (χ3v) is 5.32. The molecule has 1 saturated carbocycles. The Hall–Kier alpha value is -1.81. The number of ether oxygens (including phenoxy) is 1. The number of nitrogens with zero attached hydrogens (tertiary/aromatic N) is 4. The summed E-state index contributed by atoms with van der Waals surface area (Å²) in [6.45, 7) is 1.05. The van der Waals surface area contributed by atoms with Gasteiger partial charge in [-0.05, 0) is 19.8 Å². The van der Waals surface area contributed by atoms with E-state index in [4.69, 9.17) is 4.74 Å². The number of aromatic nitrogens is 4. The summed E-state index contributed by atoms with van der Waals surface area (Å²) in [4.78, 5) is 12.9. The summed E-state index contributed by atoms with van der Waals surface area (Å²) in [6, 6.07) is 0.385. The highest BCUT2D eigenvalue weighted by molar-refractivity contribution is 5.82. The molecule has 1 saturated heterocycles. The highest BCUT2D eigenvalue weighted by Gasteiger charge is 2.52. The number of aliphatic hydroxyl groups is 3. The van der Waals surface area contributed by atoms with Gasteiger partial charge in [0, 0.05) is 6.04 Å². The van der Waals surface area contributed by atoms with E-state index < -0.39 is 30.6 Å². The average molecular weight is 349 g/mol. The van der Waals surface area contributed by atoms with Gasteiger partial charge in [0.15, 0.2) is 23.2 Å². The first-order valence-corrected chi connectivity index (χ1v) is 8.63. The lowest BCUT2D eigenvalue weighted by Gasteiger charge is -2.25. The quantitative estimate of drug-likeness (QED) is 0.616. The maximum Gasteiger partial charge on any atom is 0.167 e. The van der Waals surface area contributed by atoms with Gasteiger partial charge in [-0.3, -0.25) is 4.57 Å². The second kappa shape index (κ2) is 6.17. The molecule has 9 nitrogen and oxygen atoms in total. The van der Waals surface area contributed by atoms with Crippen molar-refractivity contribution >= 4 is 17.0 Å². The molecule has 9 heteroatoms. The first-order valence-electron chi connectivity index (χ1n) is 8.63. The van der Waals surface area contributed by atoms with Crippen LogP contribution in [0, 0.1) is 0 Å². The summed E-state index contributed by atoms with van der Waals surface area (Å²) in [5.74, 6) is 0.661. The largest absolute Gasteiger partial charge is 0.394 e. The van der Waals surface area contributed by atoms with Crippen molar-refractivity contribution in [2.45, 2.75) is 62.7 Å². The summed E-state index contributed by atoms with van der Waals surface area (Å²) in [5, 5.41) is 33.7. The van der Waals surface area contributed by atoms with Crippen LogP contribution in [0.15, 0.2) is 12.7 Å². The van der Waals surface area contributed by atoms with Gasteiger partial charge in [0.1, 0.15) is 24.1 Å². The molecule has 4 N–H and O–H groups in total. The highest BCUT2D eigenvalue weighted by Crippen LogP contribution is 2.38. The van der Waals surface area contributed by atoms with E-state index in [9.17, 15) is 15.3 Å². The molecule has 0 bridgehead atoms. The van der Waals surface area contributed by atoms with Crippen molar-refractivity contribution in [1.29, 1.82) is 0 Å². The number of nitrogens with one attached hydrogen (secondary N) is 1. The smallest absolute Gasteiger partial charge is 0.167 e. The molecule has 0 radical (unpaired) electrons. The molecule has 25 heavy (non-hydrogen) atoms. The standard InChI is InChI=1S/C16H23N5O4/c1-16(24)10(6-22)25-15(12(16)23)21-8-19-11-13(17-7-18-14(11)21)20-9-4-2-3-5-9/h7-10,12,15,22-24H,2-6H2,1H3,(H,17,18,20)/t10-,12+,15-,16-/m1/s1. The predicted octanol–water partition coefficient (Wildman–Crippen LogP) is 0.182. The average Bonchev–Trinajstić information content (AvgIpc) is 3.29. The number of imidazole rings is 1. The highest BCUT2D eigenvalue weighted by atomic mass is 16.6. The number of hydrogen-bond acceptors (Lipinski definition) is 8. The van der Waals surface area contributed by atoms with Crippen LogP contribution in [0.4, 0.5) is 5.82 Å². The van der Waals surface area contributed by atoms with Gasteiger partial charge in [0.2, 0.25) is 0 Å². The van der Waals surface area contributed by atoms with Crippen LogP contribution in [-0.2, 0) is 4.74 Å². The van der Waals surface area contributed by atoms with E-state index >= 15 is 0 Å². The minimum Gasteiger partial charge on any atom is -0.394 e. The molecule has 3 heterocycles. The van der Waals surface area contributed by atoms with Crippen LogP contribution in [0.25, 0.3) is 11.2 Å². The Morgan fingerprint density at radius 3 is 2.76 bits per heavy atom. The monoisotopic (exact) mass is 349 g/mol. The van der Waals surface area contributed by atoms with Crippen LogP contribution in [-0.4, -0.2) is 65.3 Å². The summed E-state index contributed by atoms with van der Waals surface area (Å²) >= 11 is 0. The first-order chi connectivity index (χ1) is 12.0. The molecule has 1 aliphatic heterocycles. The minimum absolute atomic E-state index is 0.385. The fourth-order valence-corrected chi connectivity index (χ4v) is 3.71. The van der Waals surface area contributed by atoms with Crippen LogP contribution in [0.5, 0.6) is 0 Å². The van der Waals surface area contributed by atoms with Crippen molar-refractivity contribution in [2.24, 2.45) is 0 Å². The first kappa shape index (κ1) is 16.6. The van der Waals surface area contributed by atoms with Crippen molar-refractivity contribution in [2.75, 3.05) is 11.9 Å². The maximum absolute atomic E-state index is 10.5. The van der Waals surface area contributed by atoms with E-state index in [2.05, 4.69) is 20.3 Å². The summed E-state index contributed by atoms with van der Waals surface area (Å²) in [5.41, 5.74) is -0.459. The maximum atomic E-state index is 10.5. The van der Waals surface area contributed by atoms with Crippen LogP contribution in [0.2, 0.25) is 0 Å². The third-order valence-electron chi connectivity index (χ3n) is 5.32. The predicted molar refractivity (Wildman–Crippen MR) is 88.8 cm³/mol. The number of hydrogen-bond donors (Lipinski definition) is 4. The fraction of sp³-hybridized carbons (Fsp3) is 0.688. The zero-order chi connectivity index (χ0) is 17.6. The zero-order valence-corrected chi connectivity index (χ0v) is 14.0. The molecular weight excluding hydrogens is 326 g/mol. The van der Waals surface area contributed by atoms with Gasteiger partial charge in [-0.2, -0.15) is 0 Å². The summed E-state index contributed by atoms with van der Waals surface area (Å²) < 4.78 is 7.23. The zero-order valence-electron chi connectivity index (χ0n) is 14.0. The number of rotatable bonds is 4. The van der Waals surface area contributed by atoms with E-state index in [1.165, 1.54) is 32.4 Å². The molecule has 4 atom stereocenters. The molecule has 2 aromatic rings. The van der Waals surface area contributed by atoms with Gasteiger partial charge in [0.25, 0.3) is 0 Å². The second-order valence-electron chi connectivity index (χ2n) is 7.04. The molecule has 136 valence electrons. The van der Waals surface area contributed by atoms with E-state index in [1.807, 2.05) is 0 Å². The Bertz CT molecular complexity index is 758. The lowest BCUT2D eigenvalue weighted by molar-refractivity contribution is -0.0804. The van der Waals surface area contributed by atoms with Crippen LogP contribution < -0.4 is 5.32 Å². The number of anilines is 1. The van der Waals surface area contributed by atoms with Crippen LogP contribution in [0.1, 0.15) is 38.8 Å².